The molecule has 0 aromatic carbocycles. The molecule has 0 spiro atoms. The first-order valence-corrected chi connectivity index (χ1v) is 5.99. The first kappa shape index (κ1) is 8.59. The van der Waals surface area contributed by atoms with Gasteiger partial charge in [-0.3, -0.25) is 0 Å². The molecule has 0 bridgehead atoms. The van der Waals surface area contributed by atoms with E-state index in [2.05, 4.69) is 14.3 Å². The molecule has 12 heavy (non-hydrogen) atoms. The highest BCUT2D eigenvalue weighted by Gasteiger charge is 2.14. The predicted molar refractivity (Wildman–Crippen MR) is 54.5 cm³/mol. The average Bonchev–Trinajstić information content (AvgIpc) is 2.54. The van der Waals surface area contributed by atoms with Gasteiger partial charge in [-0.1, -0.05) is 0 Å². The van der Waals surface area contributed by atoms with Crippen LogP contribution in [0.25, 0.3) is 0 Å². The summed E-state index contributed by atoms with van der Waals surface area (Å²) in [4.78, 5) is 6.36. The maximum absolute atomic E-state index is 5.64. The van der Waals surface area contributed by atoms with Gasteiger partial charge < -0.3 is 4.90 Å². The van der Waals surface area contributed by atoms with Crippen molar-refractivity contribution in [2.24, 2.45) is 0 Å². The first-order chi connectivity index (χ1) is 5.86. The van der Waals surface area contributed by atoms with E-state index in [-0.39, 0.29) is 0 Å². The van der Waals surface area contributed by atoms with Gasteiger partial charge in [0.1, 0.15) is 0 Å². The lowest BCUT2D eigenvalue weighted by molar-refractivity contribution is 0.852. The Hall–Kier alpha value is -0.0000000000000000833. The number of rotatable bonds is 1. The quantitative estimate of drug-likeness (QED) is 0.723. The number of aromatic nitrogens is 2. The largest absolute Gasteiger partial charge is 0.345 e. The Bertz CT molecular complexity index is 259. The predicted octanol–water partition coefficient (Wildman–Crippen LogP) is 1.74. The molecule has 2 rings (SSSR count). The Kier molecular flexibility index (Phi) is 2.73. The smallest absolute Gasteiger partial charge is 0.236 e. The van der Waals surface area contributed by atoms with Crippen molar-refractivity contribution in [1.82, 2.24) is 9.36 Å². The van der Waals surface area contributed by atoms with E-state index in [0.717, 1.165) is 18.2 Å². The third kappa shape index (κ3) is 1.84. The minimum Gasteiger partial charge on any atom is -0.345 e. The van der Waals surface area contributed by atoms with Gasteiger partial charge >= 0.3 is 0 Å². The zero-order valence-corrected chi connectivity index (χ0v) is 8.75. The minimum absolute atomic E-state index is 0.369. The Morgan fingerprint density at radius 1 is 1.33 bits per heavy atom. The van der Waals surface area contributed by atoms with Crippen LogP contribution in [0.4, 0.5) is 5.13 Å². The number of halogens is 1. The molecule has 1 aliphatic rings. The molecule has 3 nitrogen and oxygen atoms in total. The molecule has 1 aromatic rings. The van der Waals surface area contributed by atoms with Gasteiger partial charge in [-0.25, -0.2) is 0 Å². The van der Waals surface area contributed by atoms with Crippen LogP contribution in [0.5, 0.6) is 0 Å². The van der Waals surface area contributed by atoms with E-state index in [9.17, 15) is 0 Å². The topological polar surface area (TPSA) is 29.0 Å². The normalized spacial score (nSPS) is 18.2. The van der Waals surface area contributed by atoms with E-state index in [1.807, 2.05) is 11.8 Å². The second-order valence-corrected chi connectivity index (χ2v) is 4.74. The summed E-state index contributed by atoms with van der Waals surface area (Å²) in [6.45, 7) is 2.13. The van der Waals surface area contributed by atoms with Crippen LogP contribution in [0, 0.1) is 0 Å². The van der Waals surface area contributed by atoms with Gasteiger partial charge in [-0.15, -0.1) is 0 Å². The third-order valence-electron chi connectivity index (χ3n) is 1.67. The van der Waals surface area contributed by atoms with Gasteiger partial charge in [-0.05, 0) is 11.6 Å². The lowest BCUT2D eigenvalue weighted by atomic mass is 10.5. The molecule has 0 aliphatic carbocycles. The van der Waals surface area contributed by atoms with Crippen molar-refractivity contribution in [1.29, 1.82) is 0 Å². The molecule has 6 heteroatoms. The molecule has 1 aliphatic heterocycles. The molecule has 66 valence electrons. The van der Waals surface area contributed by atoms with Crippen molar-refractivity contribution >= 4 is 40.0 Å². The number of anilines is 1. The average molecular weight is 222 g/mol. The molecule has 0 unspecified atom stereocenters. The van der Waals surface area contributed by atoms with Crippen LogP contribution >= 0.6 is 34.9 Å². The van der Waals surface area contributed by atoms with Gasteiger partial charge in [0.2, 0.25) is 10.4 Å². The molecule has 1 fully saturated rings. The molecule has 0 saturated carbocycles. The molecule has 0 atom stereocenters. The van der Waals surface area contributed by atoms with Crippen molar-refractivity contribution in [2.75, 3.05) is 29.5 Å². The molecule has 1 saturated heterocycles. The number of hydrogen-bond acceptors (Lipinski definition) is 5. The summed E-state index contributed by atoms with van der Waals surface area (Å²) in [6, 6.07) is 0. The molecule has 2 heterocycles. The Balaban J connectivity index is 2.08. The highest BCUT2D eigenvalue weighted by atomic mass is 35.5. The van der Waals surface area contributed by atoms with Crippen LogP contribution in [0.1, 0.15) is 0 Å². The summed E-state index contributed by atoms with van der Waals surface area (Å²) in [5, 5.41) is 1.33. The molecular weight excluding hydrogens is 214 g/mol. The van der Waals surface area contributed by atoms with Crippen LogP contribution in [-0.4, -0.2) is 34.0 Å². The van der Waals surface area contributed by atoms with E-state index in [1.165, 1.54) is 23.0 Å². The van der Waals surface area contributed by atoms with Crippen molar-refractivity contribution in [3.8, 4) is 0 Å². The minimum atomic E-state index is 0.369. The summed E-state index contributed by atoms with van der Waals surface area (Å²) >= 11 is 9.00. The van der Waals surface area contributed by atoms with Crippen LogP contribution in [0.2, 0.25) is 5.28 Å². The third-order valence-corrected chi connectivity index (χ3v) is 3.66. The van der Waals surface area contributed by atoms with E-state index >= 15 is 0 Å². The summed E-state index contributed by atoms with van der Waals surface area (Å²) in [5.41, 5.74) is 0. The fourth-order valence-corrected chi connectivity index (χ4v) is 2.84. The van der Waals surface area contributed by atoms with Gasteiger partial charge in [0.15, 0.2) is 0 Å². The first-order valence-electron chi connectivity index (χ1n) is 3.68. The van der Waals surface area contributed by atoms with Gasteiger partial charge in [0.05, 0.1) is 0 Å². The van der Waals surface area contributed by atoms with Crippen molar-refractivity contribution < 1.29 is 0 Å². The van der Waals surface area contributed by atoms with E-state index in [0.29, 0.717) is 5.28 Å². The molecule has 0 radical (unpaired) electrons. The van der Waals surface area contributed by atoms with Gasteiger partial charge in [0.25, 0.3) is 0 Å². The van der Waals surface area contributed by atoms with Crippen LogP contribution in [-0.2, 0) is 0 Å². The monoisotopic (exact) mass is 221 g/mol. The second-order valence-electron chi connectivity index (χ2n) is 2.45. The summed E-state index contributed by atoms with van der Waals surface area (Å²) in [6.07, 6.45) is 0. The molecule has 0 N–H and O–H groups in total. The van der Waals surface area contributed by atoms with Gasteiger partial charge in [0, 0.05) is 36.1 Å². The lowest BCUT2D eigenvalue weighted by Crippen LogP contribution is -2.32. The van der Waals surface area contributed by atoms with Crippen LogP contribution in [0.3, 0.4) is 0 Å². The van der Waals surface area contributed by atoms with Gasteiger partial charge in [-0.2, -0.15) is 21.1 Å². The van der Waals surface area contributed by atoms with Crippen molar-refractivity contribution in [3.05, 3.63) is 5.28 Å². The van der Waals surface area contributed by atoms with Crippen molar-refractivity contribution in [3.63, 3.8) is 0 Å². The number of thioether (sulfide) groups is 1. The van der Waals surface area contributed by atoms with E-state index in [1.54, 1.807) is 0 Å². The molecule has 1 aromatic heterocycles. The highest BCUT2D eigenvalue weighted by Crippen LogP contribution is 2.22. The van der Waals surface area contributed by atoms with Crippen LogP contribution < -0.4 is 4.90 Å². The SMILES string of the molecule is Clc1nsc(N2CCSCC2)n1. The Morgan fingerprint density at radius 2 is 2.08 bits per heavy atom. The fraction of sp³-hybridized carbons (Fsp3) is 0.667. The Labute approximate surface area is 84.3 Å². The molecule has 0 amide bonds. The number of nitrogens with zero attached hydrogens (tertiary/aromatic N) is 3. The lowest BCUT2D eigenvalue weighted by Gasteiger charge is -2.24. The summed E-state index contributed by atoms with van der Waals surface area (Å²) < 4.78 is 3.94. The number of hydrogen-bond donors (Lipinski definition) is 0. The van der Waals surface area contributed by atoms with Crippen molar-refractivity contribution in [2.45, 2.75) is 0 Å². The second kappa shape index (κ2) is 3.81. The standard InChI is InChI=1S/C6H8ClN3S2/c7-5-8-6(12-9-5)10-1-3-11-4-2-10/h1-4H2. The summed E-state index contributed by atoms with van der Waals surface area (Å²) in [5.74, 6) is 2.36. The van der Waals surface area contributed by atoms with E-state index < -0.39 is 0 Å². The van der Waals surface area contributed by atoms with E-state index in [4.69, 9.17) is 11.6 Å². The zero-order valence-electron chi connectivity index (χ0n) is 6.36. The maximum atomic E-state index is 5.64. The highest BCUT2D eigenvalue weighted by molar-refractivity contribution is 7.99. The summed E-state index contributed by atoms with van der Waals surface area (Å²) in [7, 11) is 0. The Morgan fingerprint density at radius 3 is 2.67 bits per heavy atom. The molecular formula is C6H8ClN3S2. The maximum Gasteiger partial charge on any atom is 0.236 e. The zero-order chi connectivity index (χ0) is 8.39. The fourth-order valence-electron chi connectivity index (χ4n) is 1.08. The van der Waals surface area contributed by atoms with Crippen LogP contribution in [0.15, 0.2) is 0 Å².